The van der Waals surface area contributed by atoms with Crippen molar-refractivity contribution in [1.29, 1.82) is 0 Å². The van der Waals surface area contributed by atoms with Gasteiger partial charge in [-0.2, -0.15) is 0 Å². The molecule has 0 heterocycles. The number of amides is 2. The van der Waals surface area contributed by atoms with E-state index in [-0.39, 0.29) is 36.2 Å². The fraction of sp³-hybridized carbons (Fsp3) is 0.714. The van der Waals surface area contributed by atoms with Crippen LogP contribution in [0.2, 0.25) is 0 Å². The molecule has 0 saturated heterocycles. The summed E-state index contributed by atoms with van der Waals surface area (Å²) in [6.45, 7) is 0. The van der Waals surface area contributed by atoms with Crippen LogP contribution in [-0.2, 0) is 0 Å². The van der Waals surface area contributed by atoms with Crippen molar-refractivity contribution < 1.29 is 40.6 Å². The summed E-state index contributed by atoms with van der Waals surface area (Å²) >= 11 is 6.73. The minimum absolute atomic E-state index is 0. The molecule has 0 radical (unpaired) electrons. The molecule has 0 bridgehead atoms. The van der Waals surface area contributed by atoms with Crippen LogP contribution in [0.4, 0.5) is 9.59 Å². The number of carbonyl (C=O) groups is 2. The van der Waals surface area contributed by atoms with Crippen molar-refractivity contribution in [3.8, 4) is 0 Å². The Morgan fingerprint density at radius 2 is 1.64 bits per heavy atom. The molecule has 2 amide bonds. The zero-order chi connectivity index (χ0) is 10.3. The molecule has 3 N–H and O–H groups in total. The fourth-order valence-corrected chi connectivity index (χ4v) is 1.43. The van der Waals surface area contributed by atoms with Crippen molar-refractivity contribution in [2.24, 2.45) is 5.73 Å². The Kier molecular flexibility index (Phi) is 12.4. The van der Waals surface area contributed by atoms with Crippen LogP contribution in [0.15, 0.2) is 0 Å². The van der Waals surface area contributed by atoms with E-state index in [1.807, 2.05) is 0 Å². The summed E-state index contributed by atoms with van der Waals surface area (Å²) in [5.74, 6) is 0. The normalized spacial score (nSPS) is 14.7. The van der Waals surface area contributed by atoms with Crippen LogP contribution in [0.3, 0.4) is 0 Å². The zero-order valence-electron chi connectivity index (χ0n) is 9.19. The maximum Gasteiger partial charge on any atom is 1.00 e. The van der Waals surface area contributed by atoms with Crippen LogP contribution in [0.1, 0.15) is 27.1 Å². The molecule has 0 atom stereocenters. The number of nitrogens with two attached hydrogens (primary N) is 1. The van der Waals surface area contributed by atoms with E-state index >= 15 is 0 Å². The van der Waals surface area contributed by atoms with Gasteiger partial charge in [-0.25, -0.2) is 0 Å². The number of hydrogen-bond donors (Lipinski definition) is 4. The third kappa shape index (κ3) is 12.6. The summed E-state index contributed by atoms with van der Waals surface area (Å²) in [5.41, 5.74) is 4.34. The molecule has 1 aliphatic rings. The summed E-state index contributed by atoms with van der Waals surface area (Å²) in [6, 6.07) is 0.412. The smallest absolute Gasteiger partial charge is 1.00 e. The van der Waals surface area contributed by atoms with Crippen LogP contribution < -0.4 is 40.6 Å². The van der Waals surface area contributed by atoms with Gasteiger partial charge in [0, 0.05) is 6.04 Å². The predicted molar refractivity (Wildman–Crippen MR) is 59.5 cm³/mol. The van der Waals surface area contributed by atoms with Gasteiger partial charge in [-0.1, -0.05) is 38.1 Å². The SMILES string of the molecule is NC(=O)S.O=C(S)NC1CCCC1.[H-].[Na+]. The molecule has 1 aliphatic carbocycles. The van der Waals surface area contributed by atoms with E-state index in [1.54, 1.807) is 0 Å². The van der Waals surface area contributed by atoms with E-state index in [9.17, 15) is 4.79 Å². The maximum atomic E-state index is 10.4. The molecule has 4 nitrogen and oxygen atoms in total. The largest absolute Gasteiger partial charge is 1.00 e. The molecule has 1 saturated carbocycles. The Hall–Kier alpha value is 0.640. The van der Waals surface area contributed by atoms with E-state index in [1.165, 1.54) is 12.8 Å². The standard InChI is InChI=1S/C6H11NOS.CH3NOS.Na.H/c8-6(9)7-5-3-1-2-4-5;2-1(3)4;;/h5H,1-4H2,(H2,7,8,9);(H3,2,3,4);;/q;;+1;-1. The molecule has 0 aliphatic heterocycles. The molecule has 14 heavy (non-hydrogen) atoms. The third-order valence-electron chi connectivity index (χ3n) is 1.68. The first-order chi connectivity index (χ1) is 6.02. The van der Waals surface area contributed by atoms with Crippen molar-refractivity contribution >= 4 is 35.7 Å². The molecule has 0 aromatic rings. The molecule has 0 aromatic carbocycles. The zero-order valence-corrected chi connectivity index (χ0v) is 12.0. The topological polar surface area (TPSA) is 72.2 Å². The number of hydrogen-bond acceptors (Lipinski definition) is 2. The first kappa shape index (κ1) is 17.0. The molecule has 7 heteroatoms. The Bertz CT molecular complexity index is 188. The third-order valence-corrected chi connectivity index (χ3v) is 1.81. The van der Waals surface area contributed by atoms with Crippen LogP contribution in [0.25, 0.3) is 0 Å². The van der Waals surface area contributed by atoms with Crippen LogP contribution >= 0.6 is 25.3 Å². The maximum absolute atomic E-state index is 10.4. The Labute approximate surface area is 118 Å². The fourth-order valence-electron chi connectivity index (χ4n) is 1.24. The Balaban J connectivity index is -0.000000213. The summed E-state index contributed by atoms with van der Waals surface area (Å²) in [7, 11) is 0. The number of primary amides is 1. The second-order valence-corrected chi connectivity index (χ2v) is 3.62. The second-order valence-electron chi connectivity index (χ2n) is 2.77. The van der Waals surface area contributed by atoms with Crippen molar-refractivity contribution in [2.45, 2.75) is 31.7 Å². The second kappa shape index (κ2) is 10.2. The summed E-state index contributed by atoms with van der Waals surface area (Å²) in [4.78, 5) is 19.4. The van der Waals surface area contributed by atoms with Gasteiger partial charge in [-0.05, 0) is 12.8 Å². The Morgan fingerprint density at radius 3 is 1.93 bits per heavy atom. The van der Waals surface area contributed by atoms with Crippen LogP contribution in [0.5, 0.6) is 0 Å². The molecule has 0 spiro atoms. The van der Waals surface area contributed by atoms with Crippen molar-refractivity contribution in [3.63, 3.8) is 0 Å². The summed E-state index contributed by atoms with van der Waals surface area (Å²) < 4.78 is 0. The number of carbonyl (C=O) groups excluding carboxylic acids is 2. The van der Waals surface area contributed by atoms with Crippen LogP contribution in [-0.4, -0.2) is 16.5 Å². The van der Waals surface area contributed by atoms with Crippen molar-refractivity contribution in [1.82, 2.24) is 5.32 Å². The van der Waals surface area contributed by atoms with Gasteiger partial charge < -0.3 is 12.5 Å². The van der Waals surface area contributed by atoms with E-state index in [0.29, 0.717) is 6.04 Å². The van der Waals surface area contributed by atoms with E-state index < -0.39 is 5.24 Å². The minimum Gasteiger partial charge on any atom is -1.00 e. The molecule has 1 fully saturated rings. The van der Waals surface area contributed by atoms with Gasteiger partial charge in [0.1, 0.15) is 0 Å². The number of rotatable bonds is 1. The van der Waals surface area contributed by atoms with Crippen molar-refractivity contribution in [2.75, 3.05) is 0 Å². The van der Waals surface area contributed by atoms with E-state index in [0.717, 1.165) is 12.8 Å². The number of nitrogens with one attached hydrogen (secondary N) is 1. The van der Waals surface area contributed by atoms with Gasteiger partial charge in [-0.3, -0.25) is 9.59 Å². The van der Waals surface area contributed by atoms with Crippen molar-refractivity contribution in [3.05, 3.63) is 0 Å². The average Bonchev–Trinajstić information content (AvgIpc) is 2.36. The minimum atomic E-state index is -0.639. The molecule has 1 rings (SSSR count). The van der Waals surface area contributed by atoms with Gasteiger partial charge in [0.2, 0.25) is 0 Å². The molecular weight excluding hydrogens is 231 g/mol. The average molecular weight is 246 g/mol. The van der Waals surface area contributed by atoms with Gasteiger partial charge in [-0.15, -0.1) is 0 Å². The van der Waals surface area contributed by atoms with Gasteiger partial charge in [0.15, 0.2) is 0 Å². The predicted octanol–water partition coefficient (Wildman–Crippen LogP) is -1.32. The molecular formula is C7H15N2NaO2S2. The number of thiol groups is 2. The quantitative estimate of drug-likeness (QED) is 0.342. The monoisotopic (exact) mass is 246 g/mol. The summed E-state index contributed by atoms with van der Waals surface area (Å²) in [6.07, 6.45) is 4.76. The first-order valence-electron chi connectivity index (χ1n) is 4.00. The Morgan fingerprint density at radius 1 is 1.29 bits per heavy atom. The van der Waals surface area contributed by atoms with Gasteiger partial charge >= 0.3 is 29.6 Å². The molecule has 0 unspecified atom stereocenters. The van der Waals surface area contributed by atoms with E-state index in [2.05, 4.69) is 36.3 Å². The van der Waals surface area contributed by atoms with Gasteiger partial charge in [0.05, 0.1) is 0 Å². The van der Waals surface area contributed by atoms with Gasteiger partial charge in [0.25, 0.3) is 10.5 Å². The van der Waals surface area contributed by atoms with Crippen LogP contribution in [0, 0.1) is 0 Å². The molecule has 0 aromatic heterocycles. The molecule has 78 valence electrons. The summed E-state index contributed by atoms with van der Waals surface area (Å²) in [5, 5.41) is 1.94. The first-order valence-corrected chi connectivity index (χ1v) is 4.89. The van der Waals surface area contributed by atoms with E-state index in [4.69, 9.17) is 4.79 Å².